The van der Waals surface area contributed by atoms with E-state index in [-0.39, 0.29) is 5.92 Å². The molecule has 0 aliphatic rings. The zero-order valence-electron chi connectivity index (χ0n) is 11.0. The summed E-state index contributed by atoms with van der Waals surface area (Å²) in [6.07, 6.45) is 5.39. The SMILES string of the molecule is C#CC(C)(C)Oc1nc(C(C)C)nc(N)c1C. The molecule has 4 heteroatoms. The number of nitrogen functional groups attached to an aromatic ring is 1. The van der Waals surface area contributed by atoms with Crippen LogP contribution in [0.4, 0.5) is 5.82 Å². The molecule has 0 fully saturated rings. The number of hydrogen-bond acceptors (Lipinski definition) is 4. The molecule has 0 bridgehead atoms. The fourth-order valence-corrected chi connectivity index (χ4v) is 1.16. The molecule has 1 aromatic rings. The molecule has 92 valence electrons. The molecule has 0 aromatic carbocycles. The van der Waals surface area contributed by atoms with Crippen LogP contribution in [-0.4, -0.2) is 15.6 Å². The van der Waals surface area contributed by atoms with Crippen LogP contribution in [0.25, 0.3) is 0 Å². The first kappa shape index (κ1) is 13.3. The summed E-state index contributed by atoms with van der Waals surface area (Å²) < 4.78 is 5.69. The molecule has 2 N–H and O–H groups in total. The predicted octanol–water partition coefficient (Wildman–Crippen LogP) is 2.28. The minimum absolute atomic E-state index is 0.189. The molecule has 0 spiro atoms. The van der Waals surface area contributed by atoms with Crippen LogP contribution in [0.5, 0.6) is 5.88 Å². The molecular weight excluding hydrogens is 214 g/mol. The van der Waals surface area contributed by atoms with Crippen molar-refractivity contribution in [1.29, 1.82) is 0 Å². The van der Waals surface area contributed by atoms with Gasteiger partial charge in [-0.2, -0.15) is 4.98 Å². The lowest BCUT2D eigenvalue weighted by molar-refractivity contribution is 0.162. The van der Waals surface area contributed by atoms with Gasteiger partial charge in [0, 0.05) is 5.92 Å². The second kappa shape index (κ2) is 4.62. The highest BCUT2D eigenvalue weighted by Gasteiger charge is 2.20. The van der Waals surface area contributed by atoms with E-state index in [0.29, 0.717) is 17.5 Å². The van der Waals surface area contributed by atoms with Crippen LogP contribution in [0.1, 0.15) is 45.0 Å². The van der Waals surface area contributed by atoms with Crippen molar-refractivity contribution < 1.29 is 4.74 Å². The van der Waals surface area contributed by atoms with E-state index in [9.17, 15) is 0 Å². The van der Waals surface area contributed by atoms with E-state index in [1.54, 1.807) is 13.8 Å². The Morgan fingerprint density at radius 2 is 1.94 bits per heavy atom. The van der Waals surface area contributed by atoms with Crippen molar-refractivity contribution in [3.8, 4) is 18.2 Å². The molecule has 0 saturated carbocycles. The lowest BCUT2D eigenvalue weighted by atomic mass is 10.1. The maximum atomic E-state index is 5.84. The van der Waals surface area contributed by atoms with Crippen LogP contribution in [0, 0.1) is 19.3 Å². The predicted molar refractivity (Wildman–Crippen MR) is 68.8 cm³/mol. The minimum atomic E-state index is -0.709. The van der Waals surface area contributed by atoms with Crippen LogP contribution >= 0.6 is 0 Å². The van der Waals surface area contributed by atoms with Crippen molar-refractivity contribution in [2.75, 3.05) is 5.73 Å². The Kier molecular flexibility index (Phi) is 3.62. The smallest absolute Gasteiger partial charge is 0.223 e. The number of ether oxygens (including phenoxy) is 1. The van der Waals surface area contributed by atoms with Gasteiger partial charge in [0.1, 0.15) is 11.6 Å². The van der Waals surface area contributed by atoms with Gasteiger partial charge in [0.25, 0.3) is 0 Å². The Bertz CT molecular complexity index is 458. The van der Waals surface area contributed by atoms with Crippen LogP contribution in [0.3, 0.4) is 0 Å². The van der Waals surface area contributed by atoms with Crippen molar-refractivity contribution >= 4 is 5.82 Å². The van der Waals surface area contributed by atoms with Crippen LogP contribution in [-0.2, 0) is 0 Å². The summed E-state index contributed by atoms with van der Waals surface area (Å²) in [5.74, 6) is 4.31. The second-order valence-corrected chi connectivity index (χ2v) is 4.81. The maximum Gasteiger partial charge on any atom is 0.223 e. The molecule has 4 nitrogen and oxygen atoms in total. The first-order chi connectivity index (χ1) is 7.76. The average molecular weight is 233 g/mol. The summed E-state index contributed by atoms with van der Waals surface area (Å²) in [5, 5.41) is 0. The monoisotopic (exact) mass is 233 g/mol. The van der Waals surface area contributed by atoms with Gasteiger partial charge in [0.15, 0.2) is 5.60 Å². The van der Waals surface area contributed by atoms with E-state index < -0.39 is 5.60 Å². The van der Waals surface area contributed by atoms with Gasteiger partial charge in [-0.25, -0.2) is 4.98 Å². The van der Waals surface area contributed by atoms with E-state index in [1.165, 1.54) is 0 Å². The van der Waals surface area contributed by atoms with Gasteiger partial charge in [0.2, 0.25) is 5.88 Å². The molecule has 1 heterocycles. The molecule has 17 heavy (non-hydrogen) atoms. The van der Waals surface area contributed by atoms with Gasteiger partial charge in [-0.3, -0.25) is 0 Å². The average Bonchev–Trinajstić information content (AvgIpc) is 2.24. The van der Waals surface area contributed by atoms with Crippen molar-refractivity contribution in [2.24, 2.45) is 0 Å². The molecule has 0 unspecified atom stereocenters. The zero-order chi connectivity index (χ0) is 13.2. The Morgan fingerprint density at radius 1 is 1.35 bits per heavy atom. The van der Waals surface area contributed by atoms with Gasteiger partial charge >= 0.3 is 0 Å². The van der Waals surface area contributed by atoms with Gasteiger partial charge in [-0.15, -0.1) is 6.42 Å². The lowest BCUT2D eigenvalue weighted by Gasteiger charge is -2.21. The van der Waals surface area contributed by atoms with E-state index in [2.05, 4.69) is 15.9 Å². The first-order valence-electron chi connectivity index (χ1n) is 5.57. The fourth-order valence-electron chi connectivity index (χ4n) is 1.16. The Morgan fingerprint density at radius 3 is 2.41 bits per heavy atom. The number of rotatable bonds is 3. The topological polar surface area (TPSA) is 61.0 Å². The van der Waals surface area contributed by atoms with E-state index in [1.807, 2.05) is 20.8 Å². The van der Waals surface area contributed by atoms with Crippen LogP contribution < -0.4 is 10.5 Å². The molecule has 0 aliphatic heterocycles. The fraction of sp³-hybridized carbons (Fsp3) is 0.538. The van der Waals surface area contributed by atoms with E-state index in [4.69, 9.17) is 16.9 Å². The summed E-state index contributed by atoms with van der Waals surface area (Å²) in [4.78, 5) is 8.58. The Hall–Kier alpha value is -1.76. The highest BCUT2D eigenvalue weighted by atomic mass is 16.5. The van der Waals surface area contributed by atoms with Gasteiger partial charge in [-0.05, 0) is 20.8 Å². The number of aromatic nitrogens is 2. The number of nitrogens with zero attached hydrogens (tertiary/aromatic N) is 2. The quantitative estimate of drug-likeness (QED) is 0.814. The number of anilines is 1. The first-order valence-corrected chi connectivity index (χ1v) is 5.57. The summed E-state index contributed by atoms with van der Waals surface area (Å²) in [5.41, 5.74) is 5.85. The molecule has 0 amide bonds. The van der Waals surface area contributed by atoms with Gasteiger partial charge in [0.05, 0.1) is 5.56 Å². The highest BCUT2D eigenvalue weighted by Crippen LogP contribution is 2.25. The Balaban J connectivity index is 3.20. The molecule has 0 atom stereocenters. The van der Waals surface area contributed by atoms with Crippen molar-refractivity contribution in [3.63, 3.8) is 0 Å². The Labute approximate surface area is 103 Å². The summed E-state index contributed by atoms with van der Waals surface area (Å²) in [6, 6.07) is 0. The molecule has 1 aromatic heterocycles. The highest BCUT2D eigenvalue weighted by molar-refractivity contribution is 5.45. The van der Waals surface area contributed by atoms with E-state index in [0.717, 1.165) is 5.56 Å². The zero-order valence-corrected chi connectivity index (χ0v) is 11.0. The number of terminal acetylenes is 1. The normalized spacial score (nSPS) is 11.4. The molecule has 1 rings (SSSR count). The van der Waals surface area contributed by atoms with Crippen molar-refractivity contribution in [1.82, 2.24) is 9.97 Å². The van der Waals surface area contributed by atoms with Gasteiger partial charge in [-0.1, -0.05) is 19.8 Å². The van der Waals surface area contributed by atoms with Crippen molar-refractivity contribution in [3.05, 3.63) is 11.4 Å². The summed E-state index contributed by atoms with van der Waals surface area (Å²) in [6.45, 7) is 9.43. The maximum absolute atomic E-state index is 5.84. The van der Waals surface area contributed by atoms with Crippen LogP contribution in [0.2, 0.25) is 0 Å². The third kappa shape index (κ3) is 3.10. The third-order valence-electron chi connectivity index (χ3n) is 2.37. The number of hydrogen-bond donors (Lipinski definition) is 1. The van der Waals surface area contributed by atoms with Gasteiger partial charge < -0.3 is 10.5 Å². The third-order valence-corrected chi connectivity index (χ3v) is 2.37. The molecule has 0 saturated heterocycles. The largest absolute Gasteiger partial charge is 0.458 e. The molecular formula is C13H19N3O. The lowest BCUT2D eigenvalue weighted by Crippen LogP contribution is -2.27. The second-order valence-electron chi connectivity index (χ2n) is 4.81. The molecule has 0 aliphatic carbocycles. The minimum Gasteiger partial charge on any atom is -0.458 e. The van der Waals surface area contributed by atoms with Crippen molar-refractivity contribution in [2.45, 2.75) is 46.1 Å². The van der Waals surface area contributed by atoms with Crippen LogP contribution in [0.15, 0.2) is 0 Å². The standard InChI is InChI=1S/C13H19N3O/c1-7-13(5,6)17-12-9(4)10(14)15-11(16-12)8(2)3/h1,8H,2-6H3,(H2,14,15,16). The van der Waals surface area contributed by atoms with E-state index >= 15 is 0 Å². The number of nitrogens with two attached hydrogens (primary N) is 1. The summed E-state index contributed by atoms with van der Waals surface area (Å²) in [7, 11) is 0. The summed E-state index contributed by atoms with van der Waals surface area (Å²) >= 11 is 0. The molecule has 0 radical (unpaired) electrons.